The molecule has 0 atom stereocenters. The van der Waals surface area contributed by atoms with E-state index in [2.05, 4.69) is 14.4 Å². The van der Waals surface area contributed by atoms with Crippen molar-refractivity contribution in [3.63, 3.8) is 0 Å². The molecule has 0 unspecified atom stereocenters. The molecule has 0 fully saturated rings. The Balaban J connectivity index is 2.37. The highest BCUT2D eigenvalue weighted by Crippen LogP contribution is 2.21. The highest BCUT2D eigenvalue weighted by molar-refractivity contribution is 7.89. The maximum Gasteiger partial charge on any atom is 0.335 e. The van der Waals surface area contributed by atoms with Crippen LogP contribution in [0.25, 0.3) is 0 Å². The Kier molecular flexibility index (Phi) is 4.05. The van der Waals surface area contributed by atoms with E-state index in [4.69, 9.17) is 5.11 Å². The van der Waals surface area contributed by atoms with Gasteiger partial charge in [-0.15, -0.1) is 0 Å². The molecule has 0 aliphatic rings. The molecule has 0 saturated carbocycles. The number of nitrogens with one attached hydrogen (secondary N) is 1. The topological polar surface area (TPSA) is 110 Å². The summed E-state index contributed by atoms with van der Waals surface area (Å²) in [5.41, 5.74) is -0.265. The molecule has 112 valence electrons. The van der Waals surface area contributed by atoms with E-state index in [9.17, 15) is 17.6 Å². The van der Waals surface area contributed by atoms with E-state index in [-0.39, 0.29) is 12.1 Å². The zero-order chi connectivity index (χ0) is 15.6. The largest absolute Gasteiger partial charge is 0.478 e. The van der Waals surface area contributed by atoms with Crippen LogP contribution in [0.3, 0.4) is 0 Å². The van der Waals surface area contributed by atoms with Crippen LogP contribution in [-0.4, -0.2) is 24.7 Å². The van der Waals surface area contributed by atoms with Crippen molar-refractivity contribution >= 4 is 16.0 Å². The van der Waals surface area contributed by atoms with Crippen molar-refractivity contribution in [1.82, 2.24) is 9.88 Å². The maximum atomic E-state index is 13.7. The molecular formula is C12H11FN2O5S. The molecule has 2 aromatic rings. The van der Waals surface area contributed by atoms with Gasteiger partial charge in [0.25, 0.3) is 0 Å². The normalized spacial score (nSPS) is 11.5. The number of hydrogen-bond acceptors (Lipinski definition) is 5. The number of carboxylic acids is 1. The van der Waals surface area contributed by atoms with Gasteiger partial charge < -0.3 is 9.63 Å². The predicted octanol–water partition coefficient (Wildman–Crippen LogP) is 1.30. The first-order chi connectivity index (χ1) is 9.81. The summed E-state index contributed by atoms with van der Waals surface area (Å²) in [6.45, 7) is 1.10. The van der Waals surface area contributed by atoms with Gasteiger partial charge in [-0.3, -0.25) is 0 Å². The van der Waals surface area contributed by atoms with E-state index >= 15 is 0 Å². The molecule has 0 saturated heterocycles. The minimum Gasteiger partial charge on any atom is -0.478 e. The van der Waals surface area contributed by atoms with Gasteiger partial charge in [0, 0.05) is 11.6 Å². The van der Waals surface area contributed by atoms with Gasteiger partial charge in [-0.05, 0) is 19.1 Å². The van der Waals surface area contributed by atoms with Crippen LogP contribution in [-0.2, 0) is 16.6 Å². The van der Waals surface area contributed by atoms with Crippen molar-refractivity contribution in [2.24, 2.45) is 0 Å². The maximum absolute atomic E-state index is 13.7. The van der Waals surface area contributed by atoms with E-state index < -0.39 is 32.3 Å². The Morgan fingerprint density at radius 3 is 2.76 bits per heavy atom. The quantitative estimate of drug-likeness (QED) is 0.861. The number of aromatic nitrogens is 1. The molecule has 0 amide bonds. The highest BCUT2D eigenvalue weighted by atomic mass is 32.2. The van der Waals surface area contributed by atoms with Gasteiger partial charge in [-0.2, -0.15) is 0 Å². The average molecular weight is 314 g/mol. The summed E-state index contributed by atoms with van der Waals surface area (Å²) in [6.07, 6.45) is 1.28. The molecule has 7 nitrogen and oxygen atoms in total. The summed E-state index contributed by atoms with van der Waals surface area (Å²) in [5, 5.41) is 12.4. The van der Waals surface area contributed by atoms with Crippen LogP contribution in [0.15, 0.2) is 33.9 Å². The van der Waals surface area contributed by atoms with Crippen LogP contribution >= 0.6 is 0 Å². The molecule has 0 aliphatic heterocycles. The molecule has 0 bridgehead atoms. The number of halogens is 1. The Hall–Kier alpha value is -2.26. The Bertz CT molecular complexity index is 771. The monoisotopic (exact) mass is 314 g/mol. The lowest BCUT2D eigenvalue weighted by atomic mass is 10.1. The van der Waals surface area contributed by atoms with Gasteiger partial charge in [0.15, 0.2) is 0 Å². The van der Waals surface area contributed by atoms with Crippen molar-refractivity contribution in [3.8, 4) is 0 Å². The lowest BCUT2D eigenvalue weighted by Crippen LogP contribution is -2.25. The number of benzene rings is 1. The first-order valence-corrected chi connectivity index (χ1v) is 7.22. The fraction of sp³-hybridized carbons (Fsp3) is 0.167. The summed E-state index contributed by atoms with van der Waals surface area (Å²) in [7, 11) is -4.08. The molecule has 21 heavy (non-hydrogen) atoms. The van der Waals surface area contributed by atoms with Gasteiger partial charge in [0.1, 0.15) is 12.1 Å². The predicted molar refractivity (Wildman–Crippen MR) is 68.6 cm³/mol. The lowest BCUT2D eigenvalue weighted by molar-refractivity contribution is 0.0696. The second-order valence-electron chi connectivity index (χ2n) is 4.20. The zero-order valence-electron chi connectivity index (χ0n) is 10.8. The third kappa shape index (κ3) is 3.26. The molecule has 0 radical (unpaired) electrons. The summed E-state index contributed by atoms with van der Waals surface area (Å²) in [6, 6.07) is 3.14. The first-order valence-electron chi connectivity index (χ1n) is 5.73. The molecule has 0 spiro atoms. The van der Waals surface area contributed by atoms with Gasteiger partial charge in [0.05, 0.1) is 22.7 Å². The van der Waals surface area contributed by atoms with E-state index in [1.54, 1.807) is 0 Å². The molecule has 1 aromatic carbocycles. The van der Waals surface area contributed by atoms with Gasteiger partial charge in [0.2, 0.25) is 10.0 Å². The molecule has 1 heterocycles. The van der Waals surface area contributed by atoms with Crippen molar-refractivity contribution in [3.05, 3.63) is 47.1 Å². The second-order valence-corrected chi connectivity index (χ2v) is 5.94. The summed E-state index contributed by atoms with van der Waals surface area (Å²) in [5.74, 6) is -2.32. The third-order valence-corrected chi connectivity index (χ3v) is 4.30. The van der Waals surface area contributed by atoms with Crippen LogP contribution in [0.4, 0.5) is 4.39 Å². The smallest absolute Gasteiger partial charge is 0.335 e. The summed E-state index contributed by atoms with van der Waals surface area (Å²) in [4.78, 5) is 10.5. The Morgan fingerprint density at radius 2 is 2.19 bits per heavy atom. The first kappa shape index (κ1) is 15.1. The number of nitrogens with zero attached hydrogens (tertiary/aromatic N) is 1. The van der Waals surface area contributed by atoms with Gasteiger partial charge in [-0.25, -0.2) is 22.3 Å². The van der Waals surface area contributed by atoms with Crippen LogP contribution in [0.1, 0.15) is 21.6 Å². The van der Waals surface area contributed by atoms with E-state index in [1.165, 1.54) is 19.3 Å². The Labute approximate surface area is 119 Å². The van der Waals surface area contributed by atoms with Crippen molar-refractivity contribution in [2.75, 3.05) is 0 Å². The molecule has 1 aromatic heterocycles. The number of rotatable bonds is 5. The van der Waals surface area contributed by atoms with E-state index in [1.807, 2.05) is 0 Å². The molecule has 2 rings (SSSR count). The van der Waals surface area contributed by atoms with Crippen LogP contribution in [0.5, 0.6) is 0 Å². The number of carbonyl (C=O) groups is 1. The van der Waals surface area contributed by atoms with Crippen molar-refractivity contribution in [2.45, 2.75) is 18.4 Å². The second kappa shape index (κ2) is 5.62. The van der Waals surface area contributed by atoms with Gasteiger partial charge in [-0.1, -0.05) is 5.16 Å². The number of aromatic carboxylic acids is 1. The SMILES string of the molecule is Cc1c(F)cc(C(=O)O)cc1S(=O)(=O)NCc1ccon1. The molecule has 0 aliphatic carbocycles. The lowest BCUT2D eigenvalue weighted by Gasteiger charge is -2.10. The zero-order valence-corrected chi connectivity index (χ0v) is 11.6. The highest BCUT2D eigenvalue weighted by Gasteiger charge is 2.22. The molecule has 2 N–H and O–H groups in total. The minimum atomic E-state index is -4.08. The van der Waals surface area contributed by atoms with Crippen LogP contribution in [0, 0.1) is 12.7 Å². The number of carboxylic acid groups (broad SMARTS) is 1. The van der Waals surface area contributed by atoms with Crippen molar-refractivity contribution < 1.29 is 27.2 Å². The minimum absolute atomic E-state index is 0.156. The van der Waals surface area contributed by atoms with Crippen LogP contribution in [0.2, 0.25) is 0 Å². The van der Waals surface area contributed by atoms with Gasteiger partial charge >= 0.3 is 5.97 Å². The fourth-order valence-corrected chi connectivity index (χ4v) is 2.91. The standard InChI is InChI=1S/C12H11FN2O5S/c1-7-10(13)4-8(12(16)17)5-11(7)21(18,19)14-6-9-2-3-20-15-9/h2-5,14H,6H2,1H3,(H,16,17). The molecule has 9 heteroatoms. The van der Waals surface area contributed by atoms with E-state index in [0.29, 0.717) is 5.69 Å². The van der Waals surface area contributed by atoms with E-state index in [0.717, 1.165) is 12.1 Å². The average Bonchev–Trinajstić information content (AvgIpc) is 2.92. The van der Waals surface area contributed by atoms with Crippen molar-refractivity contribution in [1.29, 1.82) is 0 Å². The van der Waals surface area contributed by atoms with Crippen LogP contribution < -0.4 is 4.72 Å². The molecular weight excluding hydrogens is 303 g/mol. The number of hydrogen-bond donors (Lipinski definition) is 2. The summed E-state index contributed by atoms with van der Waals surface area (Å²) < 4.78 is 44.7. The Morgan fingerprint density at radius 1 is 1.48 bits per heavy atom. The fourth-order valence-electron chi connectivity index (χ4n) is 1.63. The third-order valence-electron chi connectivity index (χ3n) is 2.77. The summed E-state index contributed by atoms with van der Waals surface area (Å²) >= 11 is 0. The number of sulfonamides is 1.